The Kier molecular flexibility index (Phi) is 8.96. The lowest BCUT2D eigenvalue weighted by Crippen LogP contribution is -1.94. The van der Waals surface area contributed by atoms with Crippen molar-refractivity contribution in [2.45, 2.75) is 53.4 Å². The normalized spacial score (nSPS) is 11.7. The zero-order chi connectivity index (χ0) is 30.8. The van der Waals surface area contributed by atoms with E-state index in [4.69, 9.17) is 4.98 Å². The highest BCUT2D eigenvalue weighted by atomic mass is 32.1. The SMILES string of the molecule is CC(C)CCc1ccc(-c2ccc(-c3cnc(-c4ccc(-c5ccc(CCC(C)C)cc5F)s4)c4nsnc34)cc2)c(F)c1. The summed E-state index contributed by atoms with van der Waals surface area (Å²) in [6, 6.07) is 22.9. The smallest absolute Gasteiger partial charge is 0.132 e. The third kappa shape index (κ3) is 6.49. The van der Waals surface area contributed by atoms with Gasteiger partial charge in [-0.2, -0.15) is 8.75 Å². The Balaban J connectivity index is 1.24. The first-order valence-corrected chi connectivity index (χ1v) is 16.7. The summed E-state index contributed by atoms with van der Waals surface area (Å²) in [6.45, 7) is 8.72. The maximum absolute atomic E-state index is 15.1. The van der Waals surface area contributed by atoms with Crippen molar-refractivity contribution < 1.29 is 8.78 Å². The number of benzene rings is 3. The Hall–Kier alpha value is -3.81. The molecule has 0 bridgehead atoms. The van der Waals surface area contributed by atoms with E-state index in [0.717, 1.165) is 91.7 Å². The van der Waals surface area contributed by atoms with E-state index < -0.39 is 0 Å². The fourth-order valence-electron chi connectivity index (χ4n) is 5.38. The lowest BCUT2D eigenvalue weighted by atomic mass is 9.97. The van der Waals surface area contributed by atoms with E-state index in [9.17, 15) is 0 Å². The molecule has 224 valence electrons. The van der Waals surface area contributed by atoms with Crippen LogP contribution in [0.4, 0.5) is 8.78 Å². The Bertz CT molecular complexity index is 1900. The molecule has 0 aliphatic rings. The summed E-state index contributed by atoms with van der Waals surface area (Å²) in [5, 5.41) is 0. The molecular weight excluding hydrogens is 589 g/mol. The Morgan fingerprint density at radius 2 is 1.16 bits per heavy atom. The summed E-state index contributed by atoms with van der Waals surface area (Å²) in [5.74, 6) is 0.768. The van der Waals surface area contributed by atoms with Gasteiger partial charge in [-0.3, -0.25) is 4.98 Å². The number of hydrogen-bond acceptors (Lipinski definition) is 5. The number of hydrogen-bond donors (Lipinski definition) is 0. The highest BCUT2D eigenvalue weighted by Gasteiger charge is 2.18. The van der Waals surface area contributed by atoms with Gasteiger partial charge in [-0.25, -0.2) is 8.78 Å². The van der Waals surface area contributed by atoms with Crippen LogP contribution in [0.3, 0.4) is 0 Å². The molecule has 0 atom stereocenters. The van der Waals surface area contributed by atoms with Crippen molar-refractivity contribution in [3.63, 3.8) is 0 Å². The fourth-order valence-corrected chi connectivity index (χ4v) is 6.97. The molecule has 0 radical (unpaired) electrons. The summed E-state index contributed by atoms with van der Waals surface area (Å²) in [5.41, 5.74) is 8.09. The van der Waals surface area contributed by atoms with Gasteiger partial charge in [0.1, 0.15) is 28.4 Å². The van der Waals surface area contributed by atoms with Crippen molar-refractivity contribution >= 4 is 34.1 Å². The monoisotopic (exact) mass is 623 g/mol. The Morgan fingerprint density at radius 3 is 1.75 bits per heavy atom. The van der Waals surface area contributed by atoms with E-state index in [2.05, 4.69) is 36.4 Å². The Labute approximate surface area is 266 Å². The van der Waals surface area contributed by atoms with Crippen LogP contribution in [0.2, 0.25) is 0 Å². The summed E-state index contributed by atoms with van der Waals surface area (Å²) < 4.78 is 39.3. The molecule has 0 fully saturated rings. The topological polar surface area (TPSA) is 38.7 Å². The number of halogens is 2. The highest BCUT2D eigenvalue weighted by Crippen LogP contribution is 2.39. The van der Waals surface area contributed by atoms with E-state index in [1.165, 1.54) is 11.3 Å². The third-order valence-electron chi connectivity index (χ3n) is 7.99. The molecule has 3 heterocycles. The lowest BCUT2D eigenvalue weighted by Gasteiger charge is -2.09. The molecule has 6 rings (SSSR count). The van der Waals surface area contributed by atoms with E-state index in [0.29, 0.717) is 23.0 Å². The molecule has 0 saturated heterocycles. The number of rotatable bonds is 10. The Morgan fingerprint density at radius 1 is 0.614 bits per heavy atom. The van der Waals surface area contributed by atoms with Crippen LogP contribution in [0.25, 0.3) is 54.3 Å². The molecule has 3 aromatic heterocycles. The molecule has 0 N–H and O–H groups in total. The quantitative estimate of drug-likeness (QED) is 0.152. The van der Waals surface area contributed by atoms with Gasteiger partial charge in [0, 0.05) is 27.8 Å². The van der Waals surface area contributed by atoms with Crippen molar-refractivity contribution in [3.8, 4) is 43.3 Å². The van der Waals surface area contributed by atoms with Crippen LogP contribution in [-0.4, -0.2) is 13.7 Å². The van der Waals surface area contributed by atoms with Crippen LogP contribution in [-0.2, 0) is 12.8 Å². The van der Waals surface area contributed by atoms with Crippen LogP contribution < -0.4 is 0 Å². The first-order valence-electron chi connectivity index (χ1n) is 15.2. The van der Waals surface area contributed by atoms with Gasteiger partial charge in [-0.1, -0.05) is 76.2 Å². The van der Waals surface area contributed by atoms with Crippen molar-refractivity contribution in [2.24, 2.45) is 11.8 Å². The van der Waals surface area contributed by atoms with Crippen LogP contribution in [0, 0.1) is 23.5 Å². The summed E-state index contributed by atoms with van der Waals surface area (Å²) >= 11 is 2.65. The average molecular weight is 624 g/mol. The lowest BCUT2D eigenvalue weighted by molar-refractivity contribution is 0.582. The molecule has 3 aromatic carbocycles. The second-order valence-corrected chi connectivity index (χ2v) is 13.8. The number of nitrogens with zero attached hydrogens (tertiary/aromatic N) is 3. The van der Waals surface area contributed by atoms with Gasteiger partial charge in [0.05, 0.1) is 16.6 Å². The van der Waals surface area contributed by atoms with Gasteiger partial charge in [0.25, 0.3) is 0 Å². The van der Waals surface area contributed by atoms with Gasteiger partial charge in [-0.05, 0) is 84.0 Å². The van der Waals surface area contributed by atoms with Crippen LogP contribution in [0.5, 0.6) is 0 Å². The zero-order valence-electron chi connectivity index (χ0n) is 25.4. The predicted octanol–water partition coefficient (Wildman–Crippen LogP) is 11.3. The van der Waals surface area contributed by atoms with Gasteiger partial charge >= 0.3 is 0 Å². The standard InChI is InChI=1S/C37H35F2N3S2/c1-22(2)5-7-24-9-15-28(31(38)19-24)26-11-13-27(14-12-26)30-21-40-36(37-35(30)41-44-42-37)34-18-17-33(43-34)29-16-10-25(20-32(29)39)8-6-23(3)4/h9-23H,5-8H2,1-4H3. The summed E-state index contributed by atoms with van der Waals surface area (Å²) in [4.78, 5) is 6.57. The number of aromatic nitrogens is 3. The van der Waals surface area contributed by atoms with Crippen LogP contribution >= 0.6 is 23.1 Å². The van der Waals surface area contributed by atoms with Crippen molar-refractivity contribution in [1.29, 1.82) is 0 Å². The maximum Gasteiger partial charge on any atom is 0.132 e. The largest absolute Gasteiger partial charge is 0.252 e. The van der Waals surface area contributed by atoms with Gasteiger partial charge in [-0.15, -0.1) is 11.3 Å². The molecule has 0 saturated carbocycles. The van der Waals surface area contributed by atoms with E-state index >= 15 is 8.78 Å². The molecule has 0 spiro atoms. The highest BCUT2D eigenvalue weighted by molar-refractivity contribution is 7.18. The minimum atomic E-state index is -0.201. The number of thiophene rings is 1. The molecular formula is C37H35F2N3S2. The van der Waals surface area contributed by atoms with Crippen molar-refractivity contribution in [1.82, 2.24) is 13.7 Å². The number of aryl methyl sites for hydroxylation is 2. The number of pyridine rings is 1. The fraction of sp³-hybridized carbons (Fsp3) is 0.270. The molecule has 7 heteroatoms. The predicted molar refractivity (Wildman–Crippen MR) is 181 cm³/mol. The van der Waals surface area contributed by atoms with E-state index in [1.807, 2.05) is 66.9 Å². The average Bonchev–Trinajstić information content (AvgIpc) is 3.70. The number of fused-ring (bicyclic) bond motifs is 1. The minimum Gasteiger partial charge on any atom is -0.252 e. The second-order valence-electron chi connectivity index (χ2n) is 12.2. The van der Waals surface area contributed by atoms with Gasteiger partial charge in [0.15, 0.2) is 0 Å². The molecule has 0 aliphatic carbocycles. The minimum absolute atomic E-state index is 0.200. The molecule has 44 heavy (non-hydrogen) atoms. The van der Waals surface area contributed by atoms with Crippen molar-refractivity contribution in [2.75, 3.05) is 0 Å². The molecule has 3 nitrogen and oxygen atoms in total. The molecule has 6 aromatic rings. The second kappa shape index (κ2) is 13.0. The van der Waals surface area contributed by atoms with E-state index in [-0.39, 0.29) is 11.6 Å². The summed E-state index contributed by atoms with van der Waals surface area (Å²) in [6.07, 6.45) is 5.65. The summed E-state index contributed by atoms with van der Waals surface area (Å²) in [7, 11) is 0. The first-order chi connectivity index (χ1) is 21.3. The van der Waals surface area contributed by atoms with Gasteiger partial charge < -0.3 is 0 Å². The van der Waals surface area contributed by atoms with Crippen LogP contribution in [0.1, 0.15) is 51.7 Å². The third-order valence-corrected chi connectivity index (χ3v) is 9.64. The van der Waals surface area contributed by atoms with E-state index in [1.54, 1.807) is 12.1 Å². The molecule has 0 unspecified atom stereocenters. The molecule has 0 aliphatic heterocycles. The molecule has 0 amide bonds. The van der Waals surface area contributed by atoms with Crippen molar-refractivity contribution in [3.05, 3.63) is 102 Å². The zero-order valence-corrected chi connectivity index (χ0v) is 27.0. The first kappa shape index (κ1) is 30.2. The van der Waals surface area contributed by atoms with Crippen LogP contribution in [0.15, 0.2) is 79.0 Å². The van der Waals surface area contributed by atoms with Gasteiger partial charge in [0.2, 0.25) is 0 Å². The maximum atomic E-state index is 15.1.